The minimum absolute atomic E-state index is 0.00287. The van der Waals surface area contributed by atoms with Crippen molar-refractivity contribution in [2.75, 3.05) is 40.5 Å². The molecule has 0 unspecified atom stereocenters. The van der Waals surface area contributed by atoms with E-state index in [0.717, 1.165) is 17.8 Å². The minimum atomic E-state index is -0.00287. The zero-order valence-electron chi connectivity index (χ0n) is 12.2. The molecule has 1 heterocycles. The highest BCUT2D eigenvalue weighted by Crippen LogP contribution is 2.13. The Morgan fingerprint density at radius 2 is 1.89 bits per heavy atom. The number of hydrogen-bond donors (Lipinski definition) is 1. The number of nitrogens with one attached hydrogen (secondary N) is 1. The Labute approximate surface area is 114 Å². The van der Waals surface area contributed by atoms with Crippen LogP contribution in [0, 0.1) is 13.8 Å². The molecule has 0 bridgehead atoms. The fraction of sp³-hybridized carbons (Fsp3) is 0.692. The predicted molar refractivity (Wildman–Crippen MR) is 72.3 cm³/mol. The Hall–Kier alpha value is -1.40. The third-order valence-corrected chi connectivity index (χ3v) is 2.97. The van der Waals surface area contributed by atoms with Gasteiger partial charge in [0, 0.05) is 39.6 Å². The molecular weight excluding hydrogens is 246 g/mol. The van der Waals surface area contributed by atoms with Crippen LogP contribution < -0.4 is 0 Å². The summed E-state index contributed by atoms with van der Waals surface area (Å²) in [5.41, 5.74) is 2.20. The largest absolute Gasteiger partial charge is 0.385 e. The number of aromatic nitrogens is 2. The summed E-state index contributed by atoms with van der Waals surface area (Å²) >= 11 is 0. The van der Waals surface area contributed by atoms with Crippen molar-refractivity contribution in [1.29, 1.82) is 0 Å². The van der Waals surface area contributed by atoms with Crippen molar-refractivity contribution in [3.63, 3.8) is 0 Å². The average Bonchev–Trinajstić information content (AvgIpc) is 2.72. The first-order valence-electron chi connectivity index (χ1n) is 6.40. The van der Waals surface area contributed by atoms with Gasteiger partial charge < -0.3 is 14.4 Å². The van der Waals surface area contributed by atoms with Gasteiger partial charge in [-0.3, -0.25) is 9.89 Å². The molecule has 0 fully saturated rings. The highest BCUT2D eigenvalue weighted by Gasteiger charge is 2.21. The molecule has 0 saturated carbocycles. The van der Waals surface area contributed by atoms with Crippen molar-refractivity contribution in [2.45, 2.75) is 20.3 Å². The van der Waals surface area contributed by atoms with Crippen LogP contribution in [0.5, 0.6) is 0 Å². The van der Waals surface area contributed by atoms with Crippen LogP contribution in [-0.4, -0.2) is 61.5 Å². The molecule has 1 N–H and O–H groups in total. The highest BCUT2D eigenvalue weighted by atomic mass is 16.5. The second-order valence-electron chi connectivity index (χ2n) is 4.44. The number of hydrogen-bond acceptors (Lipinski definition) is 4. The molecule has 108 valence electrons. The van der Waals surface area contributed by atoms with Crippen LogP contribution in [0.1, 0.15) is 28.2 Å². The SMILES string of the molecule is COCCCN(CCOC)C(=O)c1c(C)n[nH]c1C. The topological polar surface area (TPSA) is 67.5 Å². The maximum atomic E-state index is 12.5. The Morgan fingerprint density at radius 1 is 1.21 bits per heavy atom. The summed E-state index contributed by atoms with van der Waals surface area (Å²) in [5, 5.41) is 6.91. The Morgan fingerprint density at radius 3 is 2.42 bits per heavy atom. The van der Waals surface area contributed by atoms with E-state index in [1.165, 1.54) is 0 Å². The number of carbonyl (C=O) groups excluding carboxylic acids is 1. The number of amides is 1. The van der Waals surface area contributed by atoms with Crippen LogP contribution in [0.15, 0.2) is 0 Å². The number of ether oxygens (including phenoxy) is 2. The van der Waals surface area contributed by atoms with Gasteiger partial charge in [-0.15, -0.1) is 0 Å². The van der Waals surface area contributed by atoms with E-state index in [-0.39, 0.29) is 5.91 Å². The van der Waals surface area contributed by atoms with E-state index in [0.29, 0.717) is 31.9 Å². The van der Waals surface area contributed by atoms with Gasteiger partial charge in [0.1, 0.15) is 0 Å². The maximum absolute atomic E-state index is 12.5. The summed E-state index contributed by atoms with van der Waals surface area (Å²) in [6, 6.07) is 0. The number of aromatic amines is 1. The van der Waals surface area contributed by atoms with E-state index < -0.39 is 0 Å². The number of nitrogens with zero attached hydrogens (tertiary/aromatic N) is 2. The van der Waals surface area contributed by atoms with Gasteiger partial charge in [-0.2, -0.15) is 5.10 Å². The van der Waals surface area contributed by atoms with E-state index in [2.05, 4.69) is 10.2 Å². The van der Waals surface area contributed by atoms with E-state index in [4.69, 9.17) is 9.47 Å². The van der Waals surface area contributed by atoms with Crippen molar-refractivity contribution in [3.05, 3.63) is 17.0 Å². The lowest BCUT2D eigenvalue weighted by molar-refractivity contribution is 0.0673. The lowest BCUT2D eigenvalue weighted by Crippen LogP contribution is -2.35. The summed E-state index contributed by atoms with van der Waals surface area (Å²) < 4.78 is 10.1. The fourth-order valence-electron chi connectivity index (χ4n) is 1.94. The molecule has 0 spiro atoms. The van der Waals surface area contributed by atoms with Gasteiger partial charge in [-0.05, 0) is 20.3 Å². The van der Waals surface area contributed by atoms with Crippen LogP contribution in [0.3, 0.4) is 0 Å². The molecule has 1 amide bonds. The number of rotatable bonds is 8. The zero-order chi connectivity index (χ0) is 14.3. The van der Waals surface area contributed by atoms with Crippen LogP contribution >= 0.6 is 0 Å². The average molecular weight is 269 g/mol. The quantitative estimate of drug-likeness (QED) is 0.719. The molecular formula is C13H23N3O3. The molecule has 0 aromatic carbocycles. The van der Waals surface area contributed by atoms with E-state index in [1.807, 2.05) is 13.8 Å². The van der Waals surface area contributed by atoms with Gasteiger partial charge in [-0.1, -0.05) is 0 Å². The van der Waals surface area contributed by atoms with Crippen molar-refractivity contribution in [2.24, 2.45) is 0 Å². The number of aryl methyl sites for hydroxylation is 2. The number of carbonyl (C=O) groups is 1. The van der Waals surface area contributed by atoms with Gasteiger partial charge >= 0.3 is 0 Å². The molecule has 6 heteroatoms. The molecule has 6 nitrogen and oxygen atoms in total. The van der Waals surface area contributed by atoms with Crippen LogP contribution in [0.2, 0.25) is 0 Å². The standard InChI is InChI=1S/C13H23N3O3/c1-10-12(11(2)15-14-10)13(17)16(7-9-19-4)6-5-8-18-3/h5-9H2,1-4H3,(H,14,15). The third kappa shape index (κ3) is 4.33. The van der Waals surface area contributed by atoms with Crippen molar-refractivity contribution >= 4 is 5.91 Å². The molecule has 1 aromatic heterocycles. The van der Waals surface area contributed by atoms with Gasteiger partial charge in [0.15, 0.2) is 0 Å². The van der Waals surface area contributed by atoms with E-state index in [9.17, 15) is 4.79 Å². The number of H-pyrrole nitrogens is 1. The molecule has 1 rings (SSSR count). The smallest absolute Gasteiger partial charge is 0.257 e. The number of methoxy groups -OCH3 is 2. The molecule has 0 aliphatic rings. The van der Waals surface area contributed by atoms with Gasteiger partial charge in [0.25, 0.3) is 5.91 Å². The highest BCUT2D eigenvalue weighted by molar-refractivity contribution is 5.96. The van der Waals surface area contributed by atoms with Crippen molar-refractivity contribution in [3.8, 4) is 0 Å². The van der Waals surface area contributed by atoms with Crippen LogP contribution in [-0.2, 0) is 9.47 Å². The summed E-state index contributed by atoms with van der Waals surface area (Å²) in [6.07, 6.45) is 0.807. The van der Waals surface area contributed by atoms with E-state index >= 15 is 0 Å². The molecule has 0 atom stereocenters. The normalized spacial score (nSPS) is 10.7. The molecule has 0 radical (unpaired) electrons. The van der Waals surface area contributed by atoms with Gasteiger partial charge in [0.05, 0.1) is 17.9 Å². The first kappa shape index (κ1) is 15.7. The van der Waals surface area contributed by atoms with E-state index in [1.54, 1.807) is 19.1 Å². The summed E-state index contributed by atoms with van der Waals surface area (Å²) in [6.45, 7) is 6.08. The fourth-order valence-corrected chi connectivity index (χ4v) is 1.94. The Balaban J connectivity index is 2.75. The second-order valence-corrected chi connectivity index (χ2v) is 4.44. The van der Waals surface area contributed by atoms with Crippen molar-refractivity contribution in [1.82, 2.24) is 15.1 Å². The van der Waals surface area contributed by atoms with Gasteiger partial charge in [0.2, 0.25) is 0 Å². The van der Waals surface area contributed by atoms with Crippen LogP contribution in [0.4, 0.5) is 0 Å². The van der Waals surface area contributed by atoms with Crippen LogP contribution in [0.25, 0.3) is 0 Å². The molecule has 1 aromatic rings. The summed E-state index contributed by atoms with van der Waals surface area (Å²) in [4.78, 5) is 14.3. The first-order valence-corrected chi connectivity index (χ1v) is 6.40. The van der Waals surface area contributed by atoms with Gasteiger partial charge in [-0.25, -0.2) is 0 Å². The minimum Gasteiger partial charge on any atom is -0.385 e. The molecule has 0 aliphatic carbocycles. The zero-order valence-corrected chi connectivity index (χ0v) is 12.2. The molecule has 0 saturated heterocycles. The maximum Gasteiger partial charge on any atom is 0.257 e. The Kier molecular flexibility index (Phi) is 6.52. The predicted octanol–water partition coefficient (Wildman–Crippen LogP) is 1.15. The lowest BCUT2D eigenvalue weighted by atomic mass is 10.1. The summed E-state index contributed by atoms with van der Waals surface area (Å²) in [7, 11) is 3.29. The van der Waals surface area contributed by atoms with Crippen molar-refractivity contribution < 1.29 is 14.3 Å². The Bertz CT molecular complexity index is 384. The molecule has 0 aliphatic heterocycles. The first-order chi connectivity index (χ1) is 9.11. The monoisotopic (exact) mass is 269 g/mol. The third-order valence-electron chi connectivity index (χ3n) is 2.97. The lowest BCUT2D eigenvalue weighted by Gasteiger charge is -2.22. The molecule has 19 heavy (non-hydrogen) atoms. The second kappa shape index (κ2) is 7.91. The summed E-state index contributed by atoms with van der Waals surface area (Å²) in [5.74, 6) is -0.00287.